The first-order valence-electron chi connectivity index (χ1n) is 5.80. The zero-order valence-corrected chi connectivity index (χ0v) is 12.0. The van der Waals surface area contributed by atoms with E-state index in [2.05, 4.69) is 0 Å². The highest BCUT2D eigenvalue weighted by molar-refractivity contribution is 6.33. The van der Waals surface area contributed by atoms with Crippen LogP contribution in [-0.4, -0.2) is 0 Å². The van der Waals surface area contributed by atoms with Crippen LogP contribution in [0.4, 0.5) is 0 Å². The highest BCUT2D eigenvalue weighted by atomic mass is 35.5. The van der Waals surface area contributed by atoms with E-state index in [9.17, 15) is 0 Å². The van der Waals surface area contributed by atoms with Crippen molar-refractivity contribution in [2.24, 2.45) is 0 Å². The maximum Gasteiger partial charge on any atom is 0.0588 e. The molecule has 0 heterocycles. The fourth-order valence-corrected chi connectivity index (χ4v) is 2.51. The number of hydrogen-bond acceptors (Lipinski definition) is 0. The van der Waals surface area contributed by atoms with Gasteiger partial charge in [-0.05, 0) is 42.2 Å². The van der Waals surface area contributed by atoms with Crippen LogP contribution >= 0.6 is 34.8 Å². The van der Waals surface area contributed by atoms with Gasteiger partial charge in [0.25, 0.3) is 0 Å². The van der Waals surface area contributed by atoms with Gasteiger partial charge >= 0.3 is 0 Å². The predicted octanol–water partition coefficient (Wildman–Crippen LogP) is 5.91. The summed E-state index contributed by atoms with van der Waals surface area (Å²) in [5, 5.41) is 1.46. The summed E-state index contributed by atoms with van der Waals surface area (Å²) in [6, 6.07) is 15.6. The average Bonchev–Trinajstić information content (AvgIpc) is 2.40. The Morgan fingerprint density at radius 3 is 2.39 bits per heavy atom. The van der Waals surface area contributed by atoms with E-state index >= 15 is 0 Å². The van der Waals surface area contributed by atoms with Gasteiger partial charge in [0.15, 0.2) is 0 Å². The van der Waals surface area contributed by atoms with Crippen molar-refractivity contribution in [3.8, 4) is 0 Å². The summed E-state index contributed by atoms with van der Waals surface area (Å²) >= 11 is 18.5. The van der Waals surface area contributed by atoms with Crippen molar-refractivity contribution in [3.05, 3.63) is 69.7 Å². The number of halogens is 3. The third-order valence-electron chi connectivity index (χ3n) is 2.84. The lowest BCUT2D eigenvalue weighted by Gasteiger charge is -2.10. The standard InChI is InChI=1S/C15H13Cl3/c16-13-7-9-15(18)12(10-13)6-8-14(17)11-4-2-1-3-5-11/h1-5,7,9-10,14H,6,8H2. The Balaban J connectivity index is 2.01. The van der Waals surface area contributed by atoms with Gasteiger partial charge in [-0.1, -0.05) is 53.5 Å². The number of hydrogen-bond donors (Lipinski definition) is 0. The minimum Gasteiger partial charge on any atom is -0.118 e. The first-order chi connectivity index (χ1) is 8.66. The maximum atomic E-state index is 6.37. The van der Waals surface area contributed by atoms with Crippen LogP contribution in [0, 0.1) is 0 Å². The van der Waals surface area contributed by atoms with Crippen molar-refractivity contribution in [1.29, 1.82) is 0 Å². The van der Waals surface area contributed by atoms with Gasteiger partial charge < -0.3 is 0 Å². The van der Waals surface area contributed by atoms with Gasteiger partial charge in [-0.25, -0.2) is 0 Å². The molecule has 2 rings (SSSR count). The SMILES string of the molecule is Clc1ccc(Cl)c(CCC(Cl)c2ccccc2)c1. The van der Waals surface area contributed by atoms with Crippen LogP contribution in [0.3, 0.4) is 0 Å². The molecule has 0 saturated heterocycles. The number of benzene rings is 2. The predicted molar refractivity (Wildman–Crippen MR) is 79.8 cm³/mol. The second kappa shape index (κ2) is 6.47. The quantitative estimate of drug-likeness (QED) is 0.616. The monoisotopic (exact) mass is 298 g/mol. The fourth-order valence-electron chi connectivity index (χ4n) is 1.85. The van der Waals surface area contributed by atoms with E-state index in [1.54, 1.807) is 6.07 Å². The van der Waals surface area contributed by atoms with Crippen molar-refractivity contribution >= 4 is 34.8 Å². The Morgan fingerprint density at radius 2 is 1.67 bits per heavy atom. The van der Waals surface area contributed by atoms with Crippen molar-refractivity contribution in [1.82, 2.24) is 0 Å². The van der Waals surface area contributed by atoms with Crippen LogP contribution in [0.25, 0.3) is 0 Å². The van der Waals surface area contributed by atoms with Gasteiger partial charge in [-0.2, -0.15) is 0 Å². The van der Waals surface area contributed by atoms with E-state index in [-0.39, 0.29) is 5.38 Å². The number of alkyl halides is 1. The van der Waals surface area contributed by atoms with E-state index < -0.39 is 0 Å². The van der Waals surface area contributed by atoms with Gasteiger partial charge in [-0.3, -0.25) is 0 Å². The second-order valence-electron chi connectivity index (χ2n) is 4.15. The molecule has 0 radical (unpaired) electrons. The van der Waals surface area contributed by atoms with Gasteiger partial charge in [0.2, 0.25) is 0 Å². The molecule has 0 bridgehead atoms. The van der Waals surface area contributed by atoms with E-state index in [1.807, 2.05) is 42.5 Å². The molecule has 0 amide bonds. The van der Waals surface area contributed by atoms with E-state index in [0.29, 0.717) is 5.02 Å². The highest BCUT2D eigenvalue weighted by Crippen LogP contribution is 2.28. The Bertz CT molecular complexity index is 508. The molecule has 18 heavy (non-hydrogen) atoms. The van der Waals surface area contributed by atoms with Crippen LogP contribution in [0.15, 0.2) is 48.5 Å². The summed E-state index contributed by atoms with van der Waals surface area (Å²) in [5.41, 5.74) is 2.18. The molecule has 3 heteroatoms. The molecule has 1 unspecified atom stereocenters. The highest BCUT2D eigenvalue weighted by Gasteiger charge is 2.09. The molecule has 2 aromatic carbocycles. The molecule has 0 N–H and O–H groups in total. The normalized spacial score (nSPS) is 12.4. The molecule has 0 aliphatic rings. The third kappa shape index (κ3) is 3.65. The van der Waals surface area contributed by atoms with Crippen molar-refractivity contribution in [2.75, 3.05) is 0 Å². The summed E-state index contributed by atoms with van der Waals surface area (Å²) in [7, 11) is 0. The molecule has 0 fully saturated rings. The Hall–Kier alpha value is -0.690. The van der Waals surface area contributed by atoms with Crippen LogP contribution in [0.1, 0.15) is 22.9 Å². The lowest BCUT2D eigenvalue weighted by molar-refractivity contribution is 0.794. The van der Waals surface area contributed by atoms with Crippen LogP contribution < -0.4 is 0 Å². The average molecular weight is 300 g/mol. The lowest BCUT2D eigenvalue weighted by Crippen LogP contribution is -1.94. The second-order valence-corrected chi connectivity index (χ2v) is 5.52. The molecule has 0 aliphatic carbocycles. The Kier molecular flexibility index (Phi) is 4.94. The van der Waals surface area contributed by atoms with E-state index in [4.69, 9.17) is 34.8 Å². The van der Waals surface area contributed by atoms with E-state index in [1.165, 1.54) is 0 Å². The summed E-state index contributed by atoms with van der Waals surface area (Å²) in [6.45, 7) is 0. The molecule has 0 nitrogen and oxygen atoms in total. The first-order valence-corrected chi connectivity index (χ1v) is 6.99. The van der Waals surface area contributed by atoms with Gasteiger partial charge in [0, 0.05) is 10.0 Å². The zero-order chi connectivity index (χ0) is 13.0. The van der Waals surface area contributed by atoms with Crippen LogP contribution in [-0.2, 0) is 6.42 Å². The summed E-state index contributed by atoms with van der Waals surface area (Å²) in [5.74, 6) is 0. The minimum atomic E-state index is 0.00116. The Labute approximate surface area is 122 Å². The molecule has 0 aliphatic heterocycles. The van der Waals surface area contributed by atoms with Gasteiger partial charge in [0.05, 0.1) is 5.38 Å². The molecule has 0 spiro atoms. The summed E-state index contributed by atoms with van der Waals surface area (Å²) in [4.78, 5) is 0. The van der Waals surface area contributed by atoms with Crippen molar-refractivity contribution < 1.29 is 0 Å². The maximum absolute atomic E-state index is 6.37. The zero-order valence-electron chi connectivity index (χ0n) is 9.74. The molecule has 94 valence electrons. The van der Waals surface area contributed by atoms with Crippen LogP contribution in [0.5, 0.6) is 0 Å². The minimum absolute atomic E-state index is 0.00116. The van der Waals surface area contributed by atoms with Crippen molar-refractivity contribution in [3.63, 3.8) is 0 Å². The molecule has 0 aromatic heterocycles. The molecule has 0 saturated carbocycles. The first kappa shape index (κ1) is 13.7. The van der Waals surface area contributed by atoms with E-state index in [0.717, 1.165) is 29.0 Å². The van der Waals surface area contributed by atoms with Gasteiger partial charge in [0.1, 0.15) is 0 Å². The van der Waals surface area contributed by atoms with Crippen molar-refractivity contribution in [2.45, 2.75) is 18.2 Å². The smallest absolute Gasteiger partial charge is 0.0588 e. The third-order valence-corrected chi connectivity index (χ3v) is 3.91. The lowest BCUT2D eigenvalue weighted by atomic mass is 10.0. The largest absolute Gasteiger partial charge is 0.118 e. The molecular formula is C15H13Cl3. The van der Waals surface area contributed by atoms with Crippen LogP contribution in [0.2, 0.25) is 10.0 Å². The molecule has 2 aromatic rings. The summed E-state index contributed by atoms with van der Waals surface area (Å²) < 4.78 is 0. The number of rotatable bonds is 4. The summed E-state index contributed by atoms with van der Waals surface area (Å²) in [6.07, 6.45) is 1.66. The Morgan fingerprint density at radius 1 is 0.944 bits per heavy atom. The van der Waals surface area contributed by atoms with Gasteiger partial charge in [-0.15, -0.1) is 11.6 Å². The fraction of sp³-hybridized carbons (Fsp3) is 0.200. The topological polar surface area (TPSA) is 0 Å². The number of aryl methyl sites for hydroxylation is 1. The molecular weight excluding hydrogens is 287 g/mol. The molecule has 1 atom stereocenters.